The standard InChI is InChI=1S/C20H20N4O2/c1-14(2)15-3-5-17(6-4-15)22-19(25)13-24-20(26)8-7-18(23-24)16-9-11-21-12-10-16/h3-12,14H,13H2,1-2H3,(H,22,25). The van der Waals surface area contributed by atoms with Gasteiger partial charge in [-0.05, 0) is 41.8 Å². The highest BCUT2D eigenvalue weighted by molar-refractivity contribution is 5.90. The smallest absolute Gasteiger partial charge is 0.267 e. The molecule has 0 aliphatic rings. The molecule has 1 aromatic carbocycles. The predicted molar refractivity (Wildman–Crippen MR) is 101 cm³/mol. The molecule has 0 aliphatic carbocycles. The highest BCUT2D eigenvalue weighted by Crippen LogP contribution is 2.17. The first-order valence-corrected chi connectivity index (χ1v) is 8.41. The van der Waals surface area contributed by atoms with Gasteiger partial charge >= 0.3 is 0 Å². The van der Waals surface area contributed by atoms with Gasteiger partial charge < -0.3 is 5.32 Å². The number of anilines is 1. The summed E-state index contributed by atoms with van der Waals surface area (Å²) in [6.45, 7) is 4.08. The minimum absolute atomic E-state index is 0.149. The molecule has 1 N–H and O–H groups in total. The highest BCUT2D eigenvalue weighted by atomic mass is 16.2. The summed E-state index contributed by atoms with van der Waals surface area (Å²) in [7, 11) is 0. The van der Waals surface area contributed by atoms with Crippen LogP contribution in [0.2, 0.25) is 0 Å². The van der Waals surface area contributed by atoms with Crippen LogP contribution >= 0.6 is 0 Å². The second kappa shape index (κ2) is 7.74. The van der Waals surface area contributed by atoms with E-state index >= 15 is 0 Å². The Labute approximate surface area is 151 Å². The molecule has 0 atom stereocenters. The first-order valence-electron chi connectivity index (χ1n) is 8.41. The third-order valence-corrected chi connectivity index (χ3v) is 4.00. The van der Waals surface area contributed by atoms with Crippen LogP contribution in [-0.2, 0) is 11.3 Å². The SMILES string of the molecule is CC(C)c1ccc(NC(=O)Cn2nc(-c3ccncc3)ccc2=O)cc1. The Morgan fingerprint density at radius 1 is 1.04 bits per heavy atom. The van der Waals surface area contributed by atoms with E-state index in [4.69, 9.17) is 0 Å². The Morgan fingerprint density at radius 2 is 1.73 bits per heavy atom. The average Bonchev–Trinajstić information content (AvgIpc) is 2.64. The lowest BCUT2D eigenvalue weighted by Crippen LogP contribution is -2.29. The summed E-state index contributed by atoms with van der Waals surface area (Å²) in [4.78, 5) is 28.3. The molecular formula is C20H20N4O2. The number of pyridine rings is 1. The van der Waals surface area contributed by atoms with Crippen molar-refractivity contribution < 1.29 is 4.79 Å². The van der Waals surface area contributed by atoms with Crippen molar-refractivity contribution in [2.75, 3.05) is 5.32 Å². The summed E-state index contributed by atoms with van der Waals surface area (Å²) >= 11 is 0. The minimum Gasteiger partial charge on any atom is -0.324 e. The first kappa shape index (κ1) is 17.5. The number of carbonyl (C=O) groups is 1. The van der Waals surface area contributed by atoms with Gasteiger partial charge in [0.05, 0.1) is 5.69 Å². The molecule has 1 amide bonds. The number of carbonyl (C=O) groups excluding carboxylic acids is 1. The monoisotopic (exact) mass is 348 g/mol. The van der Waals surface area contributed by atoms with Crippen molar-refractivity contribution in [2.45, 2.75) is 26.3 Å². The lowest BCUT2D eigenvalue weighted by molar-refractivity contribution is -0.117. The van der Waals surface area contributed by atoms with Crippen LogP contribution in [0.3, 0.4) is 0 Å². The third kappa shape index (κ3) is 4.22. The van der Waals surface area contributed by atoms with Gasteiger partial charge in [-0.25, -0.2) is 4.68 Å². The van der Waals surface area contributed by atoms with Crippen LogP contribution in [0.25, 0.3) is 11.3 Å². The number of aromatic nitrogens is 3. The zero-order chi connectivity index (χ0) is 18.5. The molecule has 0 saturated heterocycles. The molecule has 3 aromatic rings. The van der Waals surface area contributed by atoms with E-state index in [-0.39, 0.29) is 18.0 Å². The molecule has 0 saturated carbocycles. The lowest BCUT2D eigenvalue weighted by atomic mass is 10.0. The number of nitrogens with zero attached hydrogens (tertiary/aromatic N) is 3. The summed E-state index contributed by atoms with van der Waals surface area (Å²) in [5.74, 6) is 0.127. The van der Waals surface area contributed by atoms with E-state index in [1.54, 1.807) is 30.6 Å². The molecule has 26 heavy (non-hydrogen) atoms. The maximum Gasteiger partial charge on any atom is 0.267 e. The molecule has 6 heteroatoms. The number of amides is 1. The van der Waals surface area contributed by atoms with Crippen molar-refractivity contribution >= 4 is 11.6 Å². The Hall–Kier alpha value is -3.28. The van der Waals surface area contributed by atoms with Crippen LogP contribution in [0.4, 0.5) is 5.69 Å². The summed E-state index contributed by atoms with van der Waals surface area (Å²) < 4.78 is 1.16. The van der Waals surface area contributed by atoms with Crippen LogP contribution in [0.1, 0.15) is 25.3 Å². The van der Waals surface area contributed by atoms with Gasteiger partial charge in [-0.2, -0.15) is 5.10 Å². The topological polar surface area (TPSA) is 76.9 Å². The van der Waals surface area contributed by atoms with Crippen molar-refractivity contribution in [1.82, 2.24) is 14.8 Å². The molecule has 3 rings (SSSR count). The van der Waals surface area contributed by atoms with Gasteiger partial charge in [0.25, 0.3) is 5.56 Å². The zero-order valence-corrected chi connectivity index (χ0v) is 14.7. The normalized spacial score (nSPS) is 10.7. The van der Waals surface area contributed by atoms with Gasteiger partial charge in [-0.3, -0.25) is 14.6 Å². The summed E-state index contributed by atoms with van der Waals surface area (Å²) in [5, 5.41) is 7.07. The Bertz CT molecular complexity index is 948. The maximum absolute atomic E-state index is 12.3. The Kier molecular flexibility index (Phi) is 5.22. The molecular weight excluding hydrogens is 328 g/mol. The summed E-state index contributed by atoms with van der Waals surface area (Å²) in [6, 6.07) is 14.3. The van der Waals surface area contributed by atoms with Gasteiger partial charge in [0.2, 0.25) is 5.91 Å². The fourth-order valence-corrected chi connectivity index (χ4v) is 2.53. The van der Waals surface area contributed by atoms with E-state index < -0.39 is 0 Å². The average molecular weight is 348 g/mol. The van der Waals surface area contributed by atoms with Gasteiger partial charge in [0, 0.05) is 29.7 Å². The minimum atomic E-state index is -0.326. The predicted octanol–water partition coefficient (Wildman–Crippen LogP) is 3.07. The van der Waals surface area contributed by atoms with E-state index in [1.165, 1.54) is 11.6 Å². The fourth-order valence-electron chi connectivity index (χ4n) is 2.53. The second-order valence-electron chi connectivity index (χ2n) is 6.28. The summed E-state index contributed by atoms with van der Waals surface area (Å²) in [5.41, 5.74) is 3.01. The summed E-state index contributed by atoms with van der Waals surface area (Å²) in [6.07, 6.45) is 3.31. The van der Waals surface area contributed by atoms with Gasteiger partial charge in [0.15, 0.2) is 0 Å². The molecule has 0 bridgehead atoms. The second-order valence-corrected chi connectivity index (χ2v) is 6.28. The Morgan fingerprint density at radius 3 is 2.38 bits per heavy atom. The Balaban J connectivity index is 1.74. The molecule has 2 heterocycles. The molecule has 0 aliphatic heterocycles. The van der Waals surface area contributed by atoms with Crippen molar-refractivity contribution in [3.8, 4) is 11.3 Å². The van der Waals surface area contributed by atoms with Crippen LogP contribution in [0, 0.1) is 0 Å². The van der Waals surface area contributed by atoms with E-state index in [0.29, 0.717) is 17.3 Å². The van der Waals surface area contributed by atoms with Crippen molar-refractivity contribution in [1.29, 1.82) is 0 Å². The van der Waals surface area contributed by atoms with Crippen LogP contribution in [0.5, 0.6) is 0 Å². The molecule has 6 nitrogen and oxygen atoms in total. The van der Waals surface area contributed by atoms with Crippen LogP contribution in [0.15, 0.2) is 65.7 Å². The number of benzene rings is 1. The van der Waals surface area contributed by atoms with Crippen molar-refractivity contribution in [2.24, 2.45) is 0 Å². The van der Waals surface area contributed by atoms with Gasteiger partial charge in [-0.1, -0.05) is 26.0 Å². The van der Waals surface area contributed by atoms with Gasteiger partial charge in [0.1, 0.15) is 6.54 Å². The van der Waals surface area contributed by atoms with E-state index in [9.17, 15) is 9.59 Å². The highest BCUT2D eigenvalue weighted by Gasteiger charge is 2.09. The van der Waals surface area contributed by atoms with Crippen molar-refractivity contribution in [3.63, 3.8) is 0 Å². The molecule has 0 unspecified atom stereocenters. The lowest BCUT2D eigenvalue weighted by Gasteiger charge is -2.10. The van der Waals surface area contributed by atoms with E-state index in [1.807, 2.05) is 24.3 Å². The quantitative estimate of drug-likeness (QED) is 0.769. The number of hydrogen-bond donors (Lipinski definition) is 1. The molecule has 132 valence electrons. The van der Waals surface area contributed by atoms with E-state index in [0.717, 1.165) is 10.2 Å². The molecule has 0 fully saturated rings. The van der Waals surface area contributed by atoms with Crippen molar-refractivity contribution in [3.05, 3.63) is 76.8 Å². The fraction of sp³-hybridized carbons (Fsp3) is 0.200. The number of hydrogen-bond acceptors (Lipinski definition) is 4. The van der Waals surface area contributed by atoms with Gasteiger partial charge in [-0.15, -0.1) is 0 Å². The number of rotatable bonds is 5. The van der Waals surface area contributed by atoms with Crippen LogP contribution in [-0.4, -0.2) is 20.7 Å². The molecule has 0 spiro atoms. The van der Waals surface area contributed by atoms with Crippen LogP contribution < -0.4 is 10.9 Å². The third-order valence-electron chi connectivity index (χ3n) is 4.00. The van der Waals surface area contributed by atoms with E-state index in [2.05, 4.69) is 29.2 Å². The first-order chi connectivity index (χ1) is 12.5. The molecule has 0 radical (unpaired) electrons. The number of nitrogens with one attached hydrogen (secondary N) is 1. The largest absolute Gasteiger partial charge is 0.324 e. The molecule has 2 aromatic heterocycles. The maximum atomic E-state index is 12.3. The zero-order valence-electron chi connectivity index (χ0n) is 14.7.